The molecule has 0 saturated carbocycles. The topological polar surface area (TPSA) is 51.2 Å². The highest BCUT2D eigenvalue weighted by molar-refractivity contribution is 9.10. The minimum absolute atomic E-state index is 0.152. The van der Waals surface area contributed by atoms with Crippen LogP contribution in [0.25, 0.3) is 0 Å². The van der Waals surface area contributed by atoms with Crippen LogP contribution < -0.4 is 5.32 Å². The van der Waals surface area contributed by atoms with E-state index in [0.29, 0.717) is 22.3 Å². The van der Waals surface area contributed by atoms with Crippen molar-refractivity contribution in [2.45, 2.75) is 6.61 Å². The number of hydrogen-bond donors (Lipinski definition) is 1. The van der Waals surface area contributed by atoms with Gasteiger partial charge >= 0.3 is 0 Å². The zero-order chi connectivity index (χ0) is 15.4. The van der Waals surface area contributed by atoms with Crippen LogP contribution >= 0.6 is 43.5 Å². The molecule has 0 bridgehead atoms. The first-order valence-corrected chi connectivity index (χ1v) is 7.88. The van der Waals surface area contributed by atoms with E-state index in [4.69, 9.17) is 16.3 Å². The zero-order valence-electron chi connectivity index (χ0n) is 11.0. The number of methoxy groups -OCH3 is 1. The van der Waals surface area contributed by atoms with Crippen molar-refractivity contribution in [3.05, 3.63) is 55.7 Å². The van der Waals surface area contributed by atoms with E-state index in [1.54, 1.807) is 19.2 Å². The standard InChI is InChI=1S/C14H11Br2ClN2O2/c1-21-7-10-11(16)3-2-4-12(10)19-14(20)9-5-8(15)6-18-13(9)17/h2-6H,7H2,1H3,(H,19,20). The van der Waals surface area contributed by atoms with E-state index < -0.39 is 0 Å². The predicted octanol–water partition coefficient (Wildman–Crippen LogP) is 4.66. The quantitative estimate of drug-likeness (QED) is 0.713. The van der Waals surface area contributed by atoms with Crippen LogP contribution in [0.2, 0.25) is 5.15 Å². The van der Waals surface area contributed by atoms with Gasteiger partial charge in [-0.25, -0.2) is 4.98 Å². The third-order valence-corrected chi connectivity index (χ3v) is 4.18. The number of ether oxygens (including phenoxy) is 1. The van der Waals surface area contributed by atoms with Gasteiger partial charge in [-0.05, 0) is 34.1 Å². The summed E-state index contributed by atoms with van der Waals surface area (Å²) in [7, 11) is 1.60. The number of pyridine rings is 1. The number of amides is 1. The molecule has 2 aromatic rings. The number of rotatable bonds is 4. The molecule has 21 heavy (non-hydrogen) atoms. The molecular formula is C14H11Br2ClN2O2. The highest BCUT2D eigenvalue weighted by Crippen LogP contribution is 2.27. The number of nitrogens with zero attached hydrogens (tertiary/aromatic N) is 1. The number of aromatic nitrogens is 1. The third kappa shape index (κ3) is 4.03. The minimum Gasteiger partial charge on any atom is -0.380 e. The molecular weight excluding hydrogens is 423 g/mol. The minimum atomic E-state index is -0.329. The van der Waals surface area contributed by atoms with Gasteiger partial charge in [0.2, 0.25) is 0 Å². The van der Waals surface area contributed by atoms with E-state index in [2.05, 4.69) is 42.2 Å². The molecule has 0 aliphatic carbocycles. The molecule has 1 aromatic heterocycles. The Labute approximate surface area is 144 Å². The van der Waals surface area contributed by atoms with Gasteiger partial charge in [0.05, 0.1) is 12.2 Å². The van der Waals surface area contributed by atoms with Crippen molar-refractivity contribution < 1.29 is 9.53 Å². The van der Waals surface area contributed by atoms with Gasteiger partial charge in [-0.2, -0.15) is 0 Å². The fourth-order valence-electron chi connectivity index (χ4n) is 1.74. The number of nitrogens with one attached hydrogen (secondary N) is 1. The SMILES string of the molecule is COCc1c(Br)cccc1NC(=O)c1cc(Br)cnc1Cl. The molecule has 0 saturated heterocycles. The Balaban J connectivity index is 2.31. The molecule has 0 atom stereocenters. The molecule has 0 radical (unpaired) electrons. The highest BCUT2D eigenvalue weighted by atomic mass is 79.9. The van der Waals surface area contributed by atoms with Crippen molar-refractivity contribution in [1.82, 2.24) is 4.98 Å². The van der Waals surface area contributed by atoms with Gasteiger partial charge in [0.25, 0.3) is 5.91 Å². The zero-order valence-corrected chi connectivity index (χ0v) is 14.9. The molecule has 110 valence electrons. The van der Waals surface area contributed by atoms with Crippen molar-refractivity contribution >= 4 is 55.1 Å². The summed E-state index contributed by atoms with van der Waals surface area (Å²) in [6, 6.07) is 7.15. The molecule has 7 heteroatoms. The van der Waals surface area contributed by atoms with Crippen LogP contribution in [-0.4, -0.2) is 18.0 Å². The molecule has 0 unspecified atom stereocenters. The van der Waals surface area contributed by atoms with E-state index in [1.807, 2.05) is 12.1 Å². The fourth-order valence-corrected chi connectivity index (χ4v) is 2.74. The Morgan fingerprint density at radius 3 is 2.90 bits per heavy atom. The summed E-state index contributed by atoms with van der Waals surface area (Å²) in [5.74, 6) is -0.329. The van der Waals surface area contributed by atoms with Gasteiger partial charge in [0, 0.05) is 33.5 Å². The monoisotopic (exact) mass is 432 g/mol. The van der Waals surface area contributed by atoms with Crippen molar-refractivity contribution in [2.75, 3.05) is 12.4 Å². The second-order valence-electron chi connectivity index (χ2n) is 4.14. The third-order valence-electron chi connectivity index (χ3n) is 2.71. The van der Waals surface area contributed by atoms with Gasteiger partial charge in [0.1, 0.15) is 5.15 Å². The maximum Gasteiger partial charge on any atom is 0.258 e. The van der Waals surface area contributed by atoms with E-state index in [-0.39, 0.29) is 11.1 Å². The average Bonchev–Trinajstić information content (AvgIpc) is 2.45. The van der Waals surface area contributed by atoms with Gasteiger partial charge in [-0.1, -0.05) is 33.6 Å². The molecule has 0 spiro atoms. The Bertz CT molecular complexity index is 680. The molecule has 2 rings (SSSR count). The van der Waals surface area contributed by atoms with Crippen LogP contribution in [0, 0.1) is 0 Å². The number of benzene rings is 1. The number of carbonyl (C=O) groups is 1. The van der Waals surface area contributed by atoms with Crippen molar-refractivity contribution in [2.24, 2.45) is 0 Å². The first kappa shape index (κ1) is 16.4. The molecule has 0 aliphatic heterocycles. The summed E-state index contributed by atoms with van der Waals surface area (Å²) in [6.45, 7) is 0.376. The van der Waals surface area contributed by atoms with E-state index in [0.717, 1.165) is 10.0 Å². The number of halogens is 3. The summed E-state index contributed by atoms with van der Waals surface area (Å²) in [4.78, 5) is 16.3. The second-order valence-corrected chi connectivity index (χ2v) is 6.27. The molecule has 1 heterocycles. The van der Waals surface area contributed by atoms with Crippen LogP contribution in [0.15, 0.2) is 39.4 Å². The molecule has 1 N–H and O–H groups in total. The lowest BCUT2D eigenvalue weighted by Gasteiger charge is -2.12. The lowest BCUT2D eigenvalue weighted by atomic mass is 10.1. The normalized spacial score (nSPS) is 10.5. The molecule has 4 nitrogen and oxygen atoms in total. The van der Waals surface area contributed by atoms with E-state index >= 15 is 0 Å². The molecule has 0 aliphatic rings. The van der Waals surface area contributed by atoms with Gasteiger partial charge in [0.15, 0.2) is 0 Å². The summed E-state index contributed by atoms with van der Waals surface area (Å²) in [6.07, 6.45) is 1.54. The van der Waals surface area contributed by atoms with Gasteiger partial charge in [-0.3, -0.25) is 4.79 Å². The van der Waals surface area contributed by atoms with Crippen LogP contribution in [0.4, 0.5) is 5.69 Å². The van der Waals surface area contributed by atoms with Crippen LogP contribution in [0.3, 0.4) is 0 Å². The van der Waals surface area contributed by atoms with Crippen molar-refractivity contribution in [3.8, 4) is 0 Å². The Hall–Kier alpha value is -0.950. The first-order chi connectivity index (χ1) is 10.0. The maximum atomic E-state index is 12.3. The first-order valence-electron chi connectivity index (χ1n) is 5.91. The number of hydrogen-bond acceptors (Lipinski definition) is 3. The average molecular weight is 435 g/mol. The molecule has 0 fully saturated rings. The Morgan fingerprint density at radius 2 is 2.19 bits per heavy atom. The highest BCUT2D eigenvalue weighted by Gasteiger charge is 2.15. The van der Waals surface area contributed by atoms with Crippen LogP contribution in [0.1, 0.15) is 15.9 Å². The fraction of sp³-hybridized carbons (Fsp3) is 0.143. The number of carbonyl (C=O) groups excluding carboxylic acids is 1. The predicted molar refractivity (Wildman–Crippen MR) is 89.8 cm³/mol. The largest absolute Gasteiger partial charge is 0.380 e. The van der Waals surface area contributed by atoms with Crippen LogP contribution in [-0.2, 0) is 11.3 Å². The van der Waals surface area contributed by atoms with Gasteiger partial charge < -0.3 is 10.1 Å². The van der Waals surface area contributed by atoms with E-state index in [9.17, 15) is 4.79 Å². The smallest absolute Gasteiger partial charge is 0.258 e. The maximum absolute atomic E-state index is 12.3. The summed E-state index contributed by atoms with van der Waals surface area (Å²) < 4.78 is 6.70. The summed E-state index contributed by atoms with van der Waals surface area (Å²) >= 11 is 12.7. The summed E-state index contributed by atoms with van der Waals surface area (Å²) in [5, 5.41) is 2.98. The Kier molecular flexibility index (Phi) is 5.75. The number of anilines is 1. The second kappa shape index (κ2) is 7.35. The lowest BCUT2D eigenvalue weighted by molar-refractivity contribution is 0.102. The molecule has 1 aromatic carbocycles. The lowest BCUT2D eigenvalue weighted by Crippen LogP contribution is -2.14. The van der Waals surface area contributed by atoms with Crippen LogP contribution in [0.5, 0.6) is 0 Å². The van der Waals surface area contributed by atoms with Gasteiger partial charge in [-0.15, -0.1) is 0 Å². The Morgan fingerprint density at radius 1 is 1.43 bits per heavy atom. The summed E-state index contributed by atoms with van der Waals surface area (Å²) in [5.41, 5.74) is 1.81. The molecule has 1 amide bonds. The van der Waals surface area contributed by atoms with Crippen molar-refractivity contribution in [3.63, 3.8) is 0 Å². The van der Waals surface area contributed by atoms with E-state index in [1.165, 1.54) is 6.20 Å². The van der Waals surface area contributed by atoms with Crippen molar-refractivity contribution in [1.29, 1.82) is 0 Å².